The highest BCUT2D eigenvalue weighted by molar-refractivity contribution is 5.85. The maximum atomic E-state index is 12.4. The van der Waals surface area contributed by atoms with Gasteiger partial charge in [-0.25, -0.2) is 4.79 Å². The molecule has 1 fully saturated rings. The number of benzene rings is 1. The minimum atomic E-state index is -2.98. The van der Waals surface area contributed by atoms with E-state index < -0.39 is 24.5 Å². The average molecular weight is 313 g/mol. The molecule has 1 amide bonds. The molecule has 5 nitrogen and oxygen atoms in total. The topological polar surface area (TPSA) is 66.8 Å². The predicted octanol–water partition coefficient (Wildman–Crippen LogP) is 2.29. The van der Waals surface area contributed by atoms with Gasteiger partial charge in [0.25, 0.3) is 0 Å². The number of rotatable bonds is 7. The molecule has 7 heteroatoms. The summed E-state index contributed by atoms with van der Waals surface area (Å²) >= 11 is 0. The van der Waals surface area contributed by atoms with Gasteiger partial charge in [-0.15, -0.1) is 0 Å². The van der Waals surface area contributed by atoms with Gasteiger partial charge in [-0.3, -0.25) is 4.79 Å². The number of amides is 1. The fourth-order valence-electron chi connectivity index (χ4n) is 2.32. The second-order valence-electron chi connectivity index (χ2n) is 5.21. The van der Waals surface area contributed by atoms with Crippen LogP contribution in [0.3, 0.4) is 0 Å². The Morgan fingerprint density at radius 3 is 2.55 bits per heavy atom. The molecule has 0 heterocycles. The lowest BCUT2D eigenvalue weighted by atomic mass is 10.1. The number of carbonyl (C=O) groups is 2. The van der Waals surface area contributed by atoms with Crippen molar-refractivity contribution in [2.45, 2.75) is 44.9 Å². The molecule has 0 radical (unpaired) electrons. The molecular formula is C15H17F2NO4. The number of hydrogen-bond acceptors (Lipinski definition) is 3. The number of carbonyl (C=O) groups excluding carboxylic acids is 1. The standard InChI is InChI=1S/C15H17F2NO4/c1-9(14(20)21)18(11-6-7-11)13(19)8-10-4-2-3-5-12(10)22-15(16)17/h2-5,9,11,15H,6-8H2,1H3,(H,20,21). The van der Waals surface area contributed by atoms with Crippen molar-refractivity contribution in [3.63, 3.8) is 0 Å². The van der Waals surface area contributed by atoms with Crippen LogP contribution in [0.1, 0.15) is 25.3 Å². The van der Waals surface area contributed by atoms with Gasteiger partial charge in [-0.2, -0.15) is 8.78 Å². The number of nitrogens with zero attached hydrogens (tertiary/aromatic N) is 1. The average Bonchev–Trinajstić information content (AvgIpc) is 3.25. The van der Waals surface area contributed by atoms with Crippen molar-refractivity contribution in [1.82, 2.24) is 4.90 Å². The first-order chi connectivity index (χ1) is 10.4. The first kappa shape index (κ1) is 16.2. The molecule has 120 valence electrons. The van der Waals surface area contributed by atoms with Crippen LogP contribution in [0.5, 0.6) is 5.75 Å². The molecule has 1 aliphatic rings. The Labute approximate surface area is 126 Å². The smallest absolute Gasteiger partial charge is 0.387 e. The SMILES string of the molecule is CC(C(=O)O)N(C(=O)Cc1ccccc1OC(F)F)C1CC1. The number of aliphatic carboxylic acids is 1. The van der Waals surface area contributed by atoms with Crippen molar-refractivity contribution in [1.29, 1.82) is 0 Å². The summed E-state index contributed by atoms with van der Waals surface area (Å²) in [5.41, 5.74) is 0.316. The van der Waals surface area contributed by atoms with E-state index in [0.29, 0.717) is 5.56 Å². The Morgan fingerprint density at radius 1 is 1.36 bits per heavy atom. The van der Waals surface area contributed by atoms with Gasteiger partial charge in [-0.1, -0.05) is 18.2 Å². The summed E-state index contributed by atoms with van der Waals surface area (Å²) in [7, 11) is 0. The molecule has 1 aromatic rings. The molecule has 1 aliphatic carbocycles. The van der Waals surface area contributed by atoms with Crippen LogP contribution in [0.2, 0.25) is 0 Å². The Morgan fingerprint density at radius 2 is 2.00 bits per heavy atom. The van der Waals surface area contributed by atoms with Crippen molar-refractivity contribution < 1.29 is 28.2 Å². The van der Waals surface area contributed by atoms with E-state index in [4.69, 9.17) is 5.11 Å². The molecule has 1 aromatic carbocycles. The lowest BCUT2D eigenvalue weighted by Gasteiger charge is -2.26. The van der Waals surface area contributed by atoms with E-state index in [2.05, 4.69) is 4.74 Å². The summed E-state index contributed by atoms with van der Waals surface area (Å²) in [5.74, 6) is -1.55. The molecule has 1 unspecified atom stereocenters. The third kappa shape index (κ3) is 3.93. The Kier molecular flexibility index (Phi) is 4.95. The second-order valence-corrected chi connectivity index (χ2v) is 5.21. The number of ether oxygens (including phenoxy) is 1. The zero-order chi connectivity index (χ0) is 16.3. The normalized spacial score (nSPS) is 15.5. The van der Waals surface area contributed by atoms with Crippen LogP contribution >= 0.6 is 0 Å². The zero-order valence-electron chi connectivity index (χ0n) is 12.0. The second kappa shape index (κ2) is 6.72. The Hall–Kier alpha value is -2.18. The maximum Gasteiger partial charge on any atom is 0.387 e. The summed E-state index contributed by atoms with van der Waals surface area (Å²) < 4.78 is 29.1. The number of para-hydroxylation sites is 1. The summed E-state index contributed by atoms with van der Waals surface area (Å²) in [6.45, 7) is -1.53. The molecule has 0 bridgehead atoms. The van der Waals surface area contributed by atoms with Crippen molar-refractivity contribution >= 4 is 11.9 Å². The number of carboxylic acid groups (broad SMARTS) is 1. The molecule has 22 heavy (non-hydrogen) atoms. The number of alkyl halides is 2. The van der Waals surface area contributed by atoms with Crippen LogP contribution in [0, 0.1) is 0 Å². The summed E-state index contributed by atoms with van der Waals surface area (Å²) in [6, 6.07) is 5.00. The van der Waals surface area contributed by atoms with Crippen molar-refractivity contribution in [3.8, 4) is 5.75 Å². The first-order valence-electron chi connectivity index (χ1n) is 6.97. The van der Waals surface area contributed by atoms with E-state index in [0.717, 1.165) is 12.8 Å². The van der Waals surface area contributed by atoms with Crippen LogP contribution in [0.25, 0.3) is 0 Å². The van der Waals surface area contributed by atoms with Gasteiger partial charge in [0.05, 0.1) is 6.42 Å². The van der Waals surface area contributed by atoms with Crippen LogP contribution in [0.15, 0.2) is 24.3 Å². The summed E-state index contributed by atoms with van der Waals surface area (Å²) in [6.07, 6.45) is 1.36. The fourth-order valence-corrected chi connectivity index (χ4v) is 2.32. The third-order valence-electron chi connectivity index (χ3n) is 3.53. The number of hydrogen-bond donors (Lipinski definition) is 1. The van der Waals surface area contributed by atoms with Gasteiger partial charge in [0, 0.05) is 11.6 Å². The molecule has 0 aliphatic heterocycles. The molecule has 0 aromatic heterocycles. The molecule has 2 rings (SSSR count). The largest absolute Gasteiger partial charge is 0.480 e. The minimum absolute atomic E-state index is 0.0652. The van der Waals surface area contributed by atoms with E-state index in [9.17, 15) is 18.4 Å². The fraction of sp³-hybridized carbons (Fsp3) is 0.467. The lowest BCUT2D eigenvalue weighted by Crippen LogP contribution is -2.45. The Balaban J connectivity index is 2.15. The van der Waals surface area contributed by atoms with Gasteiger partial charge in [0.2, 0.25) is 5.91 Å². The van der Waals surface area contributed by atoms with Gasteiger partial charge in [0.15, 0.2) is 0 Å². The van der Waals surface area contributed by atoms with Crippen LogP contribution in [-0.2, 0) is 16.0 Å². The van der Waals surface area contributed by atoms with E-state index in [-0.39, 0.29) is 18.2 Å². The Bertz CT molecular complexity index is 560. The third-order valence-corrected chi connectivity index (χ3v) is 3.53. The number of carboxylic acids is 1. The highest BCUT2D eigenvalue weighted by Gasteiger charge is 2.38. The van der Waals surface area contributed by atoms with Gasteiger partial charge in [-0.05, 0) is 25.8 Å². The molecular weight excluding hydrogens is 296 g/mol. The molecule has 1 N–H and O–H groups in total. The van der Waals surface area contributed by atoms with E-state index in [1.807, 2.05) is 0 Å². The van der Waals surface area contributed by atoms with Crippen molar-refractivity contribution in [2.75, 3.05) is 0 Å². The van der Waals surface area contributed by atoms with E-state index >= 15 is 0 Å². The highest BCUT2D eigenvalue weighted by atomic mass is 19.3. The van der Waals surface area contributed by atoms with Crippen LogP contribution in [-0.4, -0.2) is 40.6 Å². The molecule has 0 spiro atoms. The highest BCUT2D eigenvalue weighted by Crippen LogP contribution is 2.30. The van der Waals surface area contributed by atoms with Gasteiger partial charge < -0.3 is 14.7 Å². The maximum absolute atomic E-state index is 12.4. The summed E-state index contributed by atoms with van der Waals surface area (Å²) in [4.78, 5) is 24.8. The monoisotopic (exact) mass is 313 g/mol. The predicted molar refractivity (Wildman–Crippen MR) is 73.7 cm³/mol. The van der Waals surface area contributed by atoms with E-state index in [1.165, 1.54) is 30.0 Å². The van der Waals surface area contributed by atoms with Gasteiger partial charge >= 0.3 is 12.6 Å². The number of halogens is 2. The molecule has 0 saturated heterocycles. The quantitative estimate of drug-likeness (QED) is 0.839. The molecule has 1 saturated carbocycles. The van der Waals surface area contributed by atoms with Crippen LogP contribution in [0.4, 0.5) is 8.78 Å². The minimum Gasteiger partial charge on any atom is -0.480 e. The summed E-state index contributed by atoms with van der Waals surface area (Å²) in [5, 5.41) is 9.10. The zero-order valence-corrected chi connectivity index (χ0v) is 12.0. The first-order valence-corrected chi connectivity index (χ1v) is 6.97. The van der Waals surface area contributed by atoms with Crippen LogP contribution < -0.4 is 4.74 Å². The molecule has 1 atom stereocenters. The van der Waals surface area contributed by atoms with Crippen molar-refractivity contribution in [3.05, 3.63) is 29.8 Å². The van der Waals surface area contributed by atoms with Crippen molar-refractivity contribution in [2.24, 2.45) is 0 Å². The lowest BCUT2D eigenvalue weighted by molar-refractivity contribution is -0.149. The van der Waals surface area contributed by atoms with E-state index in [1.54, 1.807) is 6.07 Å². The van der Waals surface area contributed by atoms with Gasteiger partial charge in [0.1, 0.15) is 11.8 Å².